The van der Waals surface area contributed by atoms with E-state index in [0.717, 1.165) is 42.9 Å². The van der Waals surface area contributed by atoms with Crippen molar-refractivity contribution in [1.29, 1.82) is 0 Å². The Kier molecular flexibility index (Phi) is 2.68. The molecule has 2 aromatic heterocycles. The Morgan fingerprint density at radius 1 is 1.59 bits per heavy atom. The van der Waals surface area contributed by atoms with Gasteiger partial charge in [-0.3, -0.25) is 0 Å². The maximum Gasteiger partial charge on any atom is 0.159 e. The monoisotopic (exact) mass is 232 g/mol. The van der Waals surface area contributed by atoms with Gasteiger partial charge in [-0.1, -0.05) is 0 Å². The first kappa shape index (κ1) is 10.5. The quantitative estimate of drug-likeness (QED) is 0.874. The van der Waals surface area contributed by atoms with Gasteiger partial charge in [-0.15, -0.1) is 0 Å². The van der Waals surface area contributed by atoms with Gasteiger partial charge in [0.05, 0.1) is 24.2 Å². The van der Waals surface area contributed by atoms with Crippen LogP contribution >= 0.6 is 0 Å². The van der Waals surface area contributed by atoms with Crippen LogP contribution in [0.4, 0.5) is 5.69 Å². The van der Waals surface area contributed by atoms with Gasteiger partial charge >= 0.3 is 0 Å². The predicted molar refractivity (Wildman–Crippen MR) is 66.0 cm³/mol. The summed E-state index contributed by atoms with van der Waals surface area (Å²) in [5, 5.41) is 8.92. The van der Waals surface area contributed by atoms with Crippen LogP contribution in [0.15, 0.2) is 18.5 Å². The minimum Gasteiger partial charge on any atom is -0.379 e. The molecule has 1 fully saturated rings. The van der Waals surface area contributed by atoms with E-state index in [1.165, 1.54) is 0 Å². The number of aryl methyl sites for hydroxylation is 1. The molecule has 1 aliphatic heterocycles. The predicted octanol–water partition coefficient (Wildman–Crippen LogP) is 1.65. The first-order valence-electron chi connectivity index (χ1n) is 6.03. The second-order valence-electron chi connectivity index (χ2n) is 4.26. The number of fused-ring (bicyclic) bond motifs is 1. The Morgan fingerprint density at radius 3 is 3.29 bits per heavy atom. The van der Waals surface area contributed by atoms with Crippen molar-refractivity contribution in [3.8, 4) is 0 Å². The largest absolute Gasteiger partial charge is 0.379 e. The number of anilines is 1. The number of rotatable bonds is 3. The number of hydrogen-bond acceptors (Lipinski definition) is 4. The summed E-state index contributed by atoms with van der Waals surface area (Å²) in [6.07, 6.45) is 4.77. The van der Waals surface area contributed by atoms with Crippen molar-refractivity contribution in [2.75, 3.05) is 18.5 Å². The van der Waals surface area contributed by atoms with Gasteiger partial charge < -0.3 is 10.1 Å². The zero-order valence-electron chi connectivity index (χ0n) is 9.89. The third-order valence-corrected chi connectivity index (χ3v) is 3.13. The Morgan fingerprint density at radius 2 is 2.53 bits per heavy atom. The summed E-state index contributed by atoms with van der Waals surface area (Å²) in [5.41, 5.74) is 2.04. The minimum absolute atomic E-state index is 0.408. The smallest absolute Gasteiger partial charge is 0.159 e. The fourth-order valence-corrected chi connectivity index (χ4v) is 2.20. The zero-order valence-corrected chi connectivity index (χ0v) is 9.89. The molecule has 0 unspecified atom stereocenters. The number of nitrogens with zero attached hydrogens (tertiary/aromatic N) is 3. The van der Waals surface area contributed by atoms with Crippen LogP contribution < -0.4 is 5.32 Å². The molecule has 2 aromatic rings. The molecule has 0 saturated carbocycles. The SMILES string of the molecule is CCn1ncc2c(N[C@H]3CCOC3)ccnc21. The molecule has 0 bridgehead atoms. The molecule has 1 saturated heterocycles. The van der Waals surface area contributed by atoms with Gasteiger partial charge in [0.25, 0.3) is 0 Å². The van der Waals surface area contributed by atoms with E-state index < -0.39 is 0 Å². The molecule has 3 rings (SSSR count). The van der Waals surface area contributed by atoms with Crippen molar-refractivity contribution in [2.45, 2.75) is 25.9 Å². The third kappa shape index (κ3) is 1.86. The van der Waals surface area contributed by atoms with E-state index in [0.29, 0.717) is 6.04 Å². The lowest BCUT2D eigenvalue weighted by Crippen LogP contribution is -2.19. The molecule has 1 aliphatic rings. The van der Waals surface area contributed by atoms with Crippen LogP contribution in [0, 0.1) is 0 Å². The summed E-state index contributed by atoms with van der Waals surface area (Å²) in [4.78, 5) is 4.38. The van der Waals surface area contributed by atoms with Crippen molar-refractivity contribution in [3.63, 3.8) is 0 Å². The molecule has 3 heterocycles. The molecule has 5 nitrogen and oxygen atoms in total. The fraction of sp³-hybridized carbons (Fsp3) is 0.500. The van der Waals surface area contributed by atoms with Gasteiger partial charge in [0, 0.05) is 25.0 Å². The second kappa shape index (κ2) is 4.33. The lowest BCUT2D eigenvalue weighted by molar-refractivity contribution is 0.195. The van der Waals surface area contributed by atoms with Crippen LogP contribution in [-0.4, -0.2) is 34.0 Å². The van der Waals surface area contributed by atoms with E-state index in [1.807, 2.05) is 23.1 Å². The van der Waals surface area contributed by atoms with E-state index in [4.69, 9.17) is 4.74 Å². The van der Waals surface area contributed by atoms with E-state index >= 15 is 0 Å². The maximum absolute atomic E-state index is 5.37. The first-order chi connectivity index (χ1) is 8.38. The highest BCUT2D eigenvalue weighted by Crippen LogP contribution is 2.23. The molecular formula is C12H16N4O. The number of pyridine rings is 1. The average molecular weight is 232 g/mol. The molecule has 5 heteroatoms. The second-order valence-corrected chi connectivity index (χ2v) is 4.26. The van der Waals surface area contributed by atoms with Gasteiger partial charge in [-0.25, -0.2) is 9.67 Å². The van der Waals surface area contributed by atoms with Crippen LogP contribution in [0.1, 0.15) is 13.3 Å². The fourth-order valence-electron chi connectivity index (χ4n) is 2.20. The third-order valence-electron chi connectivity index (χ3n) is 3.13. The van der Waals surface area contributed by atoms with Crippen LogP contribution in [0.3, 0.4) is 0 Å². The summed E-state index contributed by atoms with van der Waals surface area (Å²) in [5.74, 6) is 0. The van der Waals surface area contributed by atoms with Crippen LogP contribution in [-0.2, 0) is 11.3 Å². The molecule has 17 heavy (non-hydrogen) atoms. The zero-order chi connectivity index (χ0) is 11.7. The van der Waals surface area contributed by atoms with Crippen molar-refractivity contribution in [1.82, 2.24) is 14.8 Å². The Hall–Kier alpha value is -1.62. The lowest BCUT2D eigenvalue weighted by atomic mass is 10.2. The molecule has 0 amide bonds. The van der Waals surface area contributed by atoms with Gasteiger partial charge in [-0.2, -0.15) is 5.10 Å². The Bertz CT molecular complexity index is 516. The van der Waals surface area contributed by atoms with Crippen LogP contribution in [0.25, 0.3) is 11.0 Å². The van der Waals surface area contributed by atoms with Crippen LogP contribution in [0.5, 0.6) is 0 Å². The van der Waals surface area contributed by atoms with Crippen molar-refractivity contribution in [2.24, 2.45) is 0 Å². The van der Waals surface area contributed by atoms with Gasteiger partial charge in [0.1, 0.15) is 0 Å². The summed E-state index contributed by atoms with van der Waals surface area (Å²) < 4.78 is 7.28. The number of hydrogen-bond donors (Lipinski definition) is 1. The number of nitrogens with one attached hydrogen (secondary N) is 1. The molecule has 0 aliphatic carbocycles. The molecule has 0 aromatic carbocycles. The maximum atomic E-state index is 5.37. The average Bonchev–Trinajstić information content (AvgIpc) is 2.97. The van der Waals surface area contributed by atoms with Gasteiger partial charge in [-0.05, 0) is 19.4 Å². The first-order valence-corrected chi connectivity index (χ1v) is 6.03. The van der Waals surface area contributed by atoms with Gasteiger partial charge in [0.2, 0.25) is 0 Å². The van der Waals surface area contributed by atoms with Crippen molar-refractivity contribution < 1.29 is 4.74 Å². The molecular weight excluding hydrogens is 216 g/mol. The number of ether oxygens (including phenoxy) is 1. The summed E-state index contributed by atoms with van der Waals surface area (Å²) in [7, 11) is 0. The van der Waals surface area contributed by atoms with Crippen molar-refractivity contribution >= 4 is 16.7 Å². The van der Waals surface area contributed by atoms with E-state index in [-0.39, 0.29) is 0 Å². The van der Waals surface area contributed by atoms with E-state index in [9.17, 15) is 0 Å². The van der Waals surface area contributed by atoms with E-state index in [1.54, 1.807) is 0 Å². The van der Waals surface area contributed by atoms with Gasteiger partial charge in [0.15, 0.2) is 5.65 Å². The molecule has 0 radical (unpaired) electrons. The standard InChI is InChI=1S/C12H16N4O/c1-2-16-12-10(7-14-16)11(3-5-13-12)15-9-4-6-17-8-9/h3,5,7,9H,2,4,6,8H2,1H3,(H,13,15)/t9-/m0/s1. The summed E-state index contributed by atoms with van der Waals surface area (Å²) >= 11 is 0. The summed E-state index contributed by atoms with van der Waals surface area (Å²) in [6.45, 7) is 4.54. The highest BCUT2D eigenvalue weighted by molar-refractivity contribution is 5.88. The Balaban J connectivity index is 1.95. The minimum atomic E-state index is 0.408. The topological polar surface area (TPSA) is 52.0 Å². The molecule has 0 spiro atoms. The van der Waals surface area contributed by atoms with E-state index in [2.05, 4.69) is 22.3 Å². The normalized spacial score (nSPS) is 19.9. The molecule has 1 N–H and O–H groups in total. The highest BCUT2D eigenvalue weighted by Gasteiger charge is 2.16. The molecule has 1 atom stereocenters. The highest BCUT2D eigenvalue weighted by atomic mass is 16.5. The lowest BCUT2D eigenvalue weighted by Gasteiger charge is -2.12. The summed E-state index contributed by atoms with van der Waals surface area (Å²) in [6, 6.07) is 2.41. The molecule has 90 valence electrons. The number of aromatic nitrogens is 3. The van der Waals surface area contributed by atoms with Crippen LogP contribution in [0.2, 0.25) is 0 Å². The Labute approximate surface area is 99.8 Å². The van der Waals surface area contributed by atoms with Crippen molar-refractivity contribution in [3.05, 3.63) is 18.5 Å².